The van der Waals surface area contributed by atoms with Crippen molar-refractivity contribution in [3.8, 4) is 5.75 Å². The molecular weight excluding hydrogens is 354 g/mol. The molecule has 1 N–H and O–H groups in total. The number of hydrogen-bond acceptors (Lipinski definition) is 3. The van der Waals surface area contributed by atoms with E-state index in [0.717, 1.165) is 23.4 Å². The summed E-state index contributed by atoms with van der Waals surface area (Å²) in [5.41, 5.74) is 0.962. The largest absolute Gasteiger partial charge is 0.496 e. The lowest BCUT2D eigenvalue weighted by atomic mass is 10.1. The zero-order valence-corrected chi connectivity index (χ0v) is 14.9. The molecule has 27 heavy (non-hydrogen) atoms. The summed E-state index contributed by atoms with van der Waals surface area (Å²) in [6.45, 7) is 0.469. The van der Waals surface area contributed by atoms with E-state index in [2.05, 4.69) is 5.32 Å². The molecule has 1 fully saturated rings. The maximum atomic E-state index is 13.9. The molecule has 2 aromatic carbocycles. The van der Waals surface area contributed by atoms with Crippen LogP contribution in [0.2, 0.25) is 0 Å². The lowest BCUT2D eigenvalue weighted by Crippen LogP contribution is -2.34. The summed E-state index contributed by atoms with van der Waals surface area (Å²) in [7, 11) is 1.59. The third-order valence-electron chi connectivity index (χ3n) is 4.58. The Morgan fingerprint density at radius 2 is 2.04 bits per heavy atom. The van der Waals surface area contributed by atoms with E-state index in [4.69, 9.17) is 4.74 Å². The van der Waals surface area contributed by atoms with E-state index in [1.807, 2.05) is 24.3 Å². The summed E-state index contributed by atoms with van der Waals surface area (Å²) in [4.78, 5) is 25.7. The van der Waals surface area contributed by atoms with E-state index in [0.29, 0.717) is 13.0 Å². The van der Waals surface area contributed by atoms with Gasteiger partial charge in [0, 0.05) is 25.6 Å². The predicted octanol–water partition coefficient (Wildman–Crippen LogP) is 2.69. The van der Waals surface area contributed by atoms with Gasteiger partial charge in [0.2, 0.25) is 11.8 Å². The normalized spacial score (nSPS) is 16.5. The number of hydrogen-bond donors (Lipinski definition) is 1. The van der Waals surface area contributed by atoms with Crippen molar-refractivity contribution < 1.29 is 23.1 Å². The van der Waals surface area contributed by atoms with Crippen LogP contribution in [0.4, 0.5) is 14.5 Å². The molecule has 2 amide bonds. The molecule has 1 unspecified atom stereocenters. The lowest BCUT2D eigenvalue weighted by molar-refractivity contribution is -0.126. The second-order valence-electron chi connectivity index (χ2n) is 6.35. The summed E-state index contributed by atoms with van der Waals surface area (Å²) >= 11 is 0. The van der Waals surface area contributed by atoms with Gasteiger partial charge in [-0.1, -0.05) is 18.2 Å². The van der Waals surface area contributed by atoms with E-state index < -0.39 is 17.6 Å². The number of para-hydroxylation sites is 1. The van der Waals surface area contributed by atoms with Crippen LogP contribution < -0.4 is 15.0 Å². The van der Waals surface area contributed by atoms with Crippen LogP contribution >= 0.6 is 0 Å². The van der Waals surface area contributed by atoms with Crippen molar-refractivity contribution in [1.82, 2.24) is 5.32 Å². The highest BCUT2D eigenvalue weighted by Crippen LogP contribution is 2.28. The molecule has 142 valence electrons. The van der Waals surface area contributed by atoms with Crippen LogP contribution in [0, 0.1) is 17.6 Å². The van der Waals surface area contributed by atoms with Gasteiger partial charge in [-0.05, 0) is 30.2 Å². The van der Waals surface area contributed by atoms with Gasteiger partial charge in [0.1, 0.15) is 17.4 Å². The van der Waals surface area contributed by atoms with Gasteiger partial charge in [-0.25, -0.2) is 8.78 Å². The molecule has 0 radical (unpaired) electrons. The molecule has 0 aromatic heterocycles. The Morgan fingerprint density at radius 1 is 1.26 bits per heavy atom. The van der Waals surface area contributed by atoms with Crippen molar-refractivity contribution in [3.05, 3.63) is 59.7 Å². The Balaban J connectivity index is 1.57. The fraction of sp³-hybridized carbons (Fsp3) is 0.300. The van der Waals surface area contributed by atoms with Crippen molar-refractivity contribution in [3.63, 3.8) is 0 Å². The molecule has 0 saturated carbocycles. The highest BCUT2D eigenvalue weighted by molar-refractivity contribution is 6.00. The first kappa shape index (κ1) is 18.8. The van der Waals surface area contributed by atoms with Crippen molar-refractivity contribution in [2.45, 2.75) is 12.8 Å². The summed E-state index contributed by atoms with van der Waals surface area (Å²) in [5.74, 6) is -1.97. The number of ether oxygens (including phenoxy) is 1. The summed E-state index contributed by atoms with van der Waals surface area (Å²) in [5, 5.41) is 2.81. The number of nitrogens with one attached hydrogen (secondary N) is 1. The van der Waals surface area contributed by atoms with Crippen LogP contribution in [-0.2, 0) is 16.0 Å². The fourth-order valence-corrected chi connectivity index (χ4v) is 3.19. The Hall–Kier alpha value is -2.96. The zero-order chi connectivity index (χ0) is 19.4. The van der Waals surface area contributed by atoms with E-state index in [1.165, 1.54) is 11.0 Å². The van der Waals surface area contributed by atoms with Crippen molar-refractivity contribution >= 4 is 17.5 Å². The number of amides is 2. The molecule has 1 atom stereocenters. The molecule has 0 bridgehead atoms. The van der Waals surface area contributed by atoms with Gasteiger partial charge >= 0.3 is 0 Å². The average Bonchev–Trinajstić information content (AvgIpc) is 3.03. The first-order valence-corrected chi connectivity index (χ1v) is 8.64. The number of benzene rings is 2. The quantitative estimate of drug-likeness (QED) is 0.846. The summed E-state index contributed by atoms with van der Waals surface area (Å²) in [6, 6.07) is 10.6. The van der Waals surface area contributed by atoms with Crippen molar-refractivity contribution in [2.75, 3.05) is 25.1 Å². The monoisotopic (exact) mass is 374 g/mol. The Labute approximate surface area is 155 Å². The second kappa shape index (κ2) is 8.16. The molecule has 0 aliphatic carbocycles. The predicted molar refractivity (Wildman–Crippen MR) is 96.5 cm³/mol. The molecule has 1 heterocycles. The topological polar surface area (TPSA) is 58.6 Å². The number of rotatable bonds is 6. The number of halogens is 2. The van der Waals surface area contributed by atoms with E-state index >= 15 is 0 Å². The molecule has 7 heteroatoms. The molecule has 0 spiro atoms. The van der Waals surface area contributed by atoms with Crippen molar-refractivity contribution in [2.24, 2.45) is 5.92 Å². The second-order valence-corrected chi connectivity index (χ2v) is 6.35. The molecule has 1 aliphatic heterocycles. The van der Waals surface area contributed by atoms with Gasteiger partial charge in [-0.15, -0.1) is 0 Å². The Morgan fingerprint density at radius 3 is 2.78 bits per heavy atom. The minimum Gasteiger partial charge on any atom is -0.496 e. The highest BCUT2D eigenvalue weighted by atomic mass is 19.1. The fourth-order valence-electron chi connectivity index (χ4n) is 3.19. The van der Waals surface area contributed by atoms with Crippen LogP contribution in [0.25, 0.3) is 0 Å². The van der Waals surface area contributed by atoms with E-state index in [-0.39, 0.29) is 30.5 Å². The standard InChI is InChI=1S/C20H20F2N2O3/c1-27-18-5-3-2-4-13(18)8-9-23-20(26)14-10-19(25)24(12-14)17-7-6-15(21)11-16(17)22/h2-7,11,14H,8-10,12H2,1H3,(H,23,26). The molecule has 5 nitrogen and oxygen atoms in total. The number of nitrogens with zero attached hydrogens (tertiary/aromatic N) is 1. The van der Waals surface area contributed by atoms with Gasteiger partial charge in [-0.2, -0.15) is 0 Å². The number of anilines is 1. The molecule has 2 aromatic rings. The van der Waals surface area contributed by atoms with E-state index in [9.17, 15) is 18.4 Å². The van der Waals surface area contributed by atoms with Crippen LogP contribution in [0.5, 0.6) is 5.75 Å². The molecular formula is C20H20F2N2O3. The summed E-state index contributed by atoms with van der Waals surface area (Å²) in [6.07, 6.45) is 0.587. The van der Waals surface area contributed by atoms with Crippen molar-refractivity contribution in [1.29, 1.82) is 0 Å². The van der Waals surface area contributed by atoms with Gasteiger partial charge in [0.05, 0.1) is 18.7 Å². The van der Waals surface area contributed by atoms with Crippen LogP contribution in [0.3, 0.4) is 0 Å². The Bertz CT molecular complexity index is 857. The van der Waals surface area contributed by atoms with Gasteiger partial charge in [0.25, 0.3) is 0 Å². The number of carbonyl (C=O) groups excluding carboxylic acids is 2. The molecule has 1 saturated heterocycles. The Kier molecular flexibility index (Phi) is 5.69. The third-order valence-corrected chi connectivity index (χ3v) is 4.58. The first-order valence-electron chi connectivity index (χ1n) is 8.64. The van der Waals surface area contributed by atoms with Gasteiger partial charge < -0.3 is 15.0 Å². The minimum atomic E-state index is -0.819. The lowest BCUT2D eigenvalue weighted by Gasteiger charge is -2.17. The number of carbonyl (C=O) groups is 2. The van der Waals surface area contributed by atoms with Crippen LogP contribution in [-0.4, -0.2) is 32.0 Å². The smallest absolute Gasteiger partial charge is 0.227 e. The summed E-state index contributed by atoms with van der Waals surface area (Å²) < 4.78 is 32.2. The SMILES string of the molecule is COc1ccccc1CCNC(=O)C1CC(=O)N(c2ccc(F)cc2F)C1. The number of methoxy groups -OCH3 is 1. The van der Waals surface area contributed by atoms with Crippen LogP contribution in [0.1, 0.15) is 12.0 Å². The molecule has 1 aliphatic rings. The maximum absolute atomic E-state index is 13.9. The van der Waals surface area contributed by atoms with Gasteiger partial charge in [0.15, 0.2) is 0 Å². The minimum absolute atomic E-state index is 0.00267. The van der Waals surface area contributed by atoms with Gasteiger partial charge in [-0.3, -0.25) is 9.59 Å². The highest BCUT2D eigenvalue weighted by Gasteiger charge is 2.36. The first-order chi connectivity index (χ1) is 13.0. The third kappa shape index (κ3) is 4.24. The molecule has 3 rings (SSSR count). The maximum Gasteiger partial charge on any atom is 0.227 e. The van der Waals surface area contributed by atoms with Crippen LogP contribution in [0.15, 0.2) is 42.5 Å². The average molecular weight is 374 g/mol. The zero-order valence-electron chi connectivity index (χ0n) is 14.9. The van der Waals surface area contributed by atoms with E-state index in [1.54, 1.807) is 7.11 Å².